The summed E-state index contributed by atoms with van der Waals surface area (Å²) in [6.07, 6.45) is 0. The molecule has 0 atom stereocenters. The van der Waals surface area contributed by atoms with Gasteiger partial charge >= 0.3 is 0 Å². The number of nitro groups is 1. The Morgan fingerprint density at radius 1 is 0.667 bits per heavy atom. The van der Waals surface area contributed by atoms with Crippen LogP contribution in [-0.4, -0.2) is 4.92 Å². The van der Waals surface area contributed by atoms with Crippen molar-refractivity contribution in [1.82, 2.24) is 0 Å². The lowest BCUT2D eigenvalue weighted by molar-refractivity contribution is -0.382. The fraction of sp³-hybridized carbons (Fsp3) is 0. The smallest absolute Gasteiger partial charge is 0.284 e. The largest absolute Gasteiger partial charge is 0.455 e. The molecule has 0 aliphatic heterocycles. The minimum atomic E-state index is -0.298. The van der Waals surface area contributed by atoms with Gasteiger partial charge < -0.3 is 4.42 Å². The Labute approximate surface area is 171 Å². The standard InChI is InChI=1S/C26H15NO3/c28-27(29)25-19-7-3-1-5-16(19)9-12-20(25)18-11-13-22-23-14-10-17-6-2-4-8-21(17)26(23)30-24(22)15-18/h1-15H. The predicted molar refractivity (Wildman–Crippen MR) is 121 cm³/mol. The summed E-state index contributed by atoms with van der Waals surface area (Å²) in [7, 11) is 0. The van der Waals surface area contributed by atoms with Crippen molar-refractivity contribution in [3.8, 4) is 11.1 Å². The number of furan rings is 1. The zero-order chi connectivity index (χ0) is 20.2. The summed E-state index contributed by atoms with van der Waals surface area (Å²) in [5, 5.41) is 17.7. The van der Waals surface area contributed by atoms with Crippen molar-refractivity contribution in [2.24, 2.45) is 0 Å². The van der Waals surface area contributed by atoms with Crippen LogP contribution < -0.4 is 0 Å². The quantitative estimate of drug-likeness (QED) is 0.228. The molecule has 0 fully saturated rings. The molecule has 0 saturated heterocycles. The van der Waals surface area contributed by atoms with Crippen LogP contribution in [0.3, 0.4) is 0 Å². The first-order valence-electron chi connectivity index (χ1n) is 9.71. The molecule has 1 aromatic heterocycles. The molecular formula is C26H15NO3. The van der Waals surface area contributed by atoms with E-state index in [1.54, 1.807) is 6.07 Å². The first kappa shape index (κ1) is 16.7. The molecule has 0 amide bonds. The van der Waals surface area contributed by atoms with Crippen molar-refractivity contribution in [1.29, 1.82) is 0 Å². The fourth-order valence-corrected chi connectivity index (χ4v) is 4.36. The van der Waals surface area contributed by atoms with Crippen molar-refractivity contribution in [3.05, 3.63) is 101 Å². The Kier molecular flexibility index (Phi) is 3.44. The normalized spacial score (nSPS) is 11.6. The number of fused-ring (bicyclic) bond motifs is 6. The highest BCUT2D eigenvalue weighted by molar-refractivity contribution is 6.15. The van der Waals surface area contributed by atoms with E-state index in [0.717, 1.165) is 43.7 Å². The van der Waals surface area contributed by atoms with E-state index in [1.165, 1.54) is 0 Å². The van der Waals surface area contributed by atoms with E-state index in [4.69, 9.17) is 4.42 Å². The van der Waals surface area contributed by atoms with Gasteiger partial charge in [-0.15, -0.1) is 0 Å². The van der Waals surface area contributed by atoms with E-state index < -0.39 is 0 Å². The van der Waals surface area contributed by atoms with Crippen molar-refractivity contribution < 1.29 is 9.34 Å². The first-order chi connectivity index (χ1) is 14.7. The van der Waals surface area contributed by atoms with Gasteiger partial charge in [-0.25, -0.2) is 0 Å². The third kappa shape index (κ3) is 2.34. The van der Waals surface area contributed by atoms with Crippen LogP contribution >= 0.6 is 0 Å². The second kappa shape index (κ2) is 6.16. The zero-order valence-corrected chi connectivity index (χ0v) is 15.8. The molecule has 0 spiro atoms. The molecule has 0 aliphatic carbocycles. The summed E-state index contributed by atoms with van der Waals surface area (Å²) < 4.78 is 6.25. The molecule has 4 nitrogen and oxygen atoms in total. The molecule has 5 aromatic carbocycles. The van der Waals surface area contributed by atoms with Gasteiger partial charge in [0.1, 0.15) is 11.2 Å². The van der Waals surface area contributed by atoms with Crippen LogP contribution in [0.2, 0.25) is 0 Å². The molecule has 1 heterocycles. The Morgan fingerprint density at radius 3 is 2.13 bits per heavy atom. The highest BCUT2D eigenvalue weighted by Gasteiger charge is 2.20. The Morgan fingerprint density at radius 2 is 1.33 bits per heavy atom. The molecule has 0 bridgehead atoms. The average molecular weight is 389 g/mol. The van der Waals surface area contributed by atoms with E-state index >= 15 is 0 Å². The molecular weight excluding hydrogens is 374 g/mol. The number of nitrogens with zero attached hydrogens (tertiary/aromatic N) is 1. The van der Waals surface area contributed by atoms with Gasteiger partial charge in [0.25, 0.3) is 5.69 Å². The van der Waals surface area contributed by atoms with Gasteiger partial charge in [0.05, 0.1) is 15.9 Å². The lowest BCUT2D eigenvalue weighted by Crippen LogP contribution is -1.93. The molecule has 0 aliphatic rings. The minimum Gasteiger partial charge on any atom is -0.455 e. The summed E-state index contributed by atoms with van der Waals surface area (Å²) in [6, 6.07) is 29.2. The Balaban J connectivity index is 1.64. The number of hydrogen-bond acceptors (Lipinski definition) is 3. The van der Waals surface area contributed by atoms with Crippen molar-refractivity contribution in [3.63, 3.8) is 0 Å². The molecule has 0 unspecified atom stereocenters. The van der Waals surface area contributed by atoms with E-state index in [9.17, 15) is 10.1 Å². The third-order valence-electron chi connectivity index (χ3n) is 5.76. The first-order valence-corrected chi connectivity index (χ1v) is 9.71. The van der Waals surface area contributed by atoms with Gasteiger partial charge in [0, 0.05) is 16.2 Å². The minimum absolute atomic E-state index is 0.119. The molecule has 6 rings (SSSR count). The van der Waals surface area contributed by atoms with Crippen molar-refractivity contribution >= 4 is 49.2 Å². The third-order valence-corrected chi connectivity index (χ3v) is 5.76. The fourth-order valence-electron chi connectivity index (χ4n) is 4.36. The maximum atomic E-state index is 11.9. The molecule has 142 valence electrons. The van der Waals surface area contributed by atoms with Gasteiger partial charge in [0.2, 0.25) is 0 Å². The summed E-state index contributed by atoms with van der Waals surface area (Å²) >= 11 is 0. The topological polar surface area (TPSA) is 56.3 Å². The maximum absolute atomic E-state index is 11.9. The number of benzene rings is 5. The van der Waals surface area contributed by atoms with Gasteiger partial charge in [-0.3, -0.25) is 10.1 Å². The predicted octanol–water partition coefficient (Wildman–Crippen LogP) is 7.47. The summed E-state index contributed by atoms with van der Waals surface area (Å²) in [6.45, 7) is 0. The molecule has 0 N–H and O–H groups in total. The number of nitro benzene ring substituents is 1. The van der Waals surface area contributed by atoms with Crippen LogP contribution in [0.5, 0.6) is 0 Å². The van der Waals surface area contributed by atoms with Crippen molar-refractivity contribution in [2.75, 3.05) is 0 Å². The number of hydrogen-bond donors (Lipinski definition) is 0. The summed E-state index contributed by atoms with van der Waals surface area (Å²) in [4.78, 5) is 11.6. The summed E-state index contributed by atoms with van der Waals surface area (Å²) in [5.41, 5.74) is 3.04. The lowest BCUT2D eigenvalue weighted by Gasteiger charge is -2.07. The Hall–Kier alpha value is -4.18. The zero-order valence-electron chi connectivity index (χ0n) is 15.8. The van der Waals surface area contributed by atoms with E-state index in [-0.39, 0.29) is 10.6 Å². The Bertz CT molecular complexity index is 1630. The van der Waals surface area contributed by atoms with Gasteiger partial charge in [-0.05, 0) is 46.7 Å². The highest BCUT2D eigenvalue weighted by Crippen LogP contribution is 2.40. The van der Waals surface area contributed by atoms with Crippen LogP contribution in [0.15, 0.2) is 95.4 Å². The van der Waals surface area contributed by atoms with Gasteiger partial charge in [0.15, 0.2) is 0 Å². The second-order valence-corrected chi connectivity index (χ2v) is 7.42. The van der Waals surface area contributed by atoms with E-state index in [0.29, 0.717) is 10.9 Å². The lowest BCUT2D eigenvalue weighted by atomic mass is 9.97. The van der Waals surface area contributed by atoms with Crippen molar-refractivity contribution in [2.45, 2.75) is 0 Å². The van der Waals surface area contributed by atoms with E-state index in [1.807, 2.05) is 60.7 Å². The average Bonchev–Trinajstić information content (AvgIpc) is 3.16. The van der Waals surface area contributed by atoms with E-state index in [2.05, 4.69) is 24.3 Å². The second-order valence-electron chi connectivity index (χ2n) is 7.42. The van der Waals surface area contributed by atoms with Gasteiger partial charge in [-0.1, -0.05) is 60.7 Å². The molecule has 0 saturated carbocycles. The molecule has 0 radical (unpaired) electrons. The molecule has 4 heteroatoms. The van der Waals surface area contributed by atoms with Crippen LogP contribution in [-0.2, 0) is 0 Å². The molecule has 30 heavy (non-hydrogen) atoms. The van der Waals surface area contributed by atoms with Crippen LogP contribution in [0.25, 0.3) is 54.6 Å². The van der Waals surface area contributed by atoms with Crippen LogP contribution in [0.4, 0.5) is 5.69 Å². The van der Waals surface area contributed by atoms with Crippen LogP contribution in [0, 0.1) is 10.1 Å². The SMILES string of the molecule is O=[N+]([O-])c1c(-c2ccc3c(c2)oc2c4ccccc4ccc32)ccc2ccccc12. The van der Waals surface area contributed by atoms with Gasteiger partial charge in [-0.2, -0.15) is 0 Å². The maximum Gasteiger partial charge on any atom is 0.284 e. The monoisotopic (exact) mass is 389 g/mol. The summed E-state index contributed by atoms with van der Waals surface area (Å²) in [5.74, 6) is 0. The highest BCUT2D eigenvalue weighted by atomic mass is 16.6. The van der Waals surface area contributed by atoms with Crippen LogP contribution in [0.1, 0.15) is 0 Å². The number of rotatable bonds is 2. The molecule has 6 aromatic rings.